The van der Waals surface area contributed by atoms with E-state index in [-0.39, 0.29) is 12.0 Å². The summed E-state index contributed by atoms with van der Waals surface area (Å²) in [5.41, 5.74) is 3.54. The van der Waals surface area contributed by atoms with E-state index in [1.165, 1.54) is 6.42 Å². The van der Waals surface area contributed by atoms with Crippen LogP contribution in [-0.4, -0.2) is 62.5 Å². The molecule has 0 spiro atoms. The van der Waals surface area contributed by atoms with Crippen LogP contribution >= 0.6 is 0 Å². The molecule has 0 aliphatic carbocycles. The number of likely N-dealkylation sites (tertiary alicyclic amines) is 2. The van der Waals surface area contributed by atoms with Crippen molar-refractivity contribution in [2.75, 3.05) is 26.2 Å². The topological polar surface area (TPSA) is 61.1 Å². The van der Waals surface area contributed by atoms with E-state index in [1.807, 2.05) is 30.2 Å². The molecule has 2 aliphatic heterocycles. The summed E-state index contributed by atoms with van der Waals surface area (Å²) in [6.45, 7) is 6.13. The average molecular weight is 356 g/mol. The van der Waals surface area contributed by atoms with Gasteiger partial charge in [-0.1, -0.05) is 6.07 Å². The first-order valence-electron chi connectivity index (χ1n) is 9.80. The quantitative estimate of drug-likeness (QED) is 0.916. The average Bonchev–Trinajstić information content (AvgIpc) is 3.04. The van der Waals surface area contributed by atoms with Gasteiger partial charge in [-0.3, -0.25) is 9.69 Å². The highest BCUT2D eigenvalue weighted by molar-refractivity contribution is 5.94. The summed E-state index contributed by atoms with van der Waals surface area (Å²) in [5, 5.41) is 9.77. The highest BCUT2D eigenvalue weighted by Gasteiger charge is 2.27. The third-order valence-electron chi connectivity index (χ3n) is 5.72. The number of aromatic nitrogens is 2. The van der Waals surface area contributed by atoms with Crippen LogP contribution in [0.2, 0.25) is 0 Å². The molecule has 0 saturated carbocycles. The summed E-state index contributed by atoms with van der Waals surface area (Å²) >= 11 is 0. The van der Waals surface area contributed by atoms with Crippen molar-refractivity contribution in [1.29, 1.82) is 0 Å². The maximum absolute atomic E-state index is 13.2. The summed E-state index contributed by atoms with van der Waals surface area (Å²) in [4.78, 5) is 22.2. The van der Waals surface area contributed by atoms with Gasteiger partial charge < -0.3 is 14.4 Å². The zero-order chi connectivity index (χ0) is 18.1. The van der Waals surface area contributed by atoms with Gasteiger partial charge in [-0.15, -0.1) is 0 Å². The molecular weight excluding hydrogens is 328 g/mol. The van der Waals surface area contributed by atoms with Crippen LogP contribution in [0.4, 0.5) is 0 Å². The maximum atomic E-state index is 13.2. The van der Waals surface area contributed by atoms with Gasteiger partial charge in [0.15, 0.2) is 5.69 Å². The Hall–Kier alpha value is -1.92. The number of imidazole rings is 1. The molecule has 6 heteroatoms. The van der Waals surface area contributed by atoms with Crippen LogP contribution in [0.3, 0.4) is 0 Å². The smallest absolute Gasteiger partial charge is 0.274 e. The predicted octanol–water partition coefficient (Wildman–Crippen LogP) is 2.23. The molecule has 2 aromatic rings. The summed E-state index contributed by atoms with van der Waals surface area (Å²) in [6.07, 6.45) is 6.78. The molecule has 140 valence electrons. The monoisotopic (exact) mass is 356 g/mol. The van der Waals surface area contributed by atoms with E-state index in [0.29, 0.717) is 12.2 Å². The summed E-state index contributed by atoms with van der Waals surface area (Å²) in [5.74, 6) is 0.0693. The molecule has 0 aromatic carbocycles. The normalized spacial score (nSPS) is 20.0. The number of hydrogen-bond acceptors (Lipinski definition) is 4. The van der Waals surface area contributed by atoms with Crippen LogP contribution in [0.5, 0.6) is 0 Å². The Bertz CT molecular complexity index is 786. The van der Waals surface area contributed by atoms with Crippen molar-refractivity contribution in [3.05, 3.63) is 35.3 Å². The highest BCUT2D eigenvalue weighted by Crippen LogP contribution is 2.22. The van der Waals surface area contributed by atoms with E-state index in [1.54, 1.807) is 0 Å². The summed E-state index contributed by atoms with van der Waals surface area (Å²) in [6, 6.07) is 4.06. The van der Waals surface area contributed by atoms with Crippen LogP contribution in [0, 0.1) is 6.92 Å². The lowest BCUT2D eigenvalue weighted by Crippen LogP contribution is -2.38. The molecule has 6 nitrogen and oxygen atoms in total. The fraction of sp³-hybridized carbons (Fsp3) is 0.600. The van der Waals surface area contributed by atoms with Gasteiger partial charge in [0.2, 0.25) is 0 Å². The molecule has 0 bridgehead atoms. The van der Waals surface area contributed by atoms with Crippen molar-refractivity contribution in [2.24, 2.45) is 0 Å². The van der Waals surface area contributed by atoms with E-state index in [0.717, 1.165) is 68.8 Å². The molecule has 2 aliphatic rings. The SMILES string of the molecule is Cc1cccn2c(CN3CCC(O)CC3)c(C(=O)N3CCCCC3)nc12. The first-order chi connectivity index (χ1) is 12.6. The number of amides is 1. The number of pyridine rings is 1. The molecule has 1 N–H and O–H groups in total. The molecule has 0 atom stereocenters. The number of carbonyl (C=O) groups is 1. The number of piperidine rings is 2. The second-order valence-electron chi connectivity index (χ2n) is 7.65. The Morgan fingerprint density at radius 1 is 1.19 bits per heavy atom. The van der Waals surface area contributed by atoms with E-state index in [2.05, 4.69) is 9.30 Å². The number of fused-ring (bicyclic) bond motifs is 1. The molecule has 2 saturated heterocycles. The Labute approximate surface area is 154 Å². The van der Waals surface area contributed by atoms with Gasteiger partial charge in [0.1, 0.15) is 5.65 Å². The van der Waals surface area contributed by atoms with Gasteiger partial charge in [0.25, 0.3) is 5.91 Å². The summed E-state index contributed by atoms with van der Waals surface area (Å²) < 4.78 is 2.08. The Kier molecular flexibility index (Phi) is 4.96. The summed E-state index contributed by atoms with van der Waals surface area (Å²) in [7, 11) is 0. The molecular formula is C20H28N4O2. The van der Waals surface area contributed by atoms with Crippen LogP contribution in [0.25, 0.3) is 5.65 Å². The largest absolute Gasteiger partial charge is 0.393 e. The number of rotatable bonds is 3. The zero-order valence-corrected chi connectivity index (χ0v) is 15.5. The minimum absolute atomic E-state index is 0.0693. The number of hydrogen-bond donors (Lipinski definition) is 1. The maximum Gasteiger partial charge on any atom is 0.274 e. The van der Waals surface area contributed by atoms with Crippen molar-refractivity contribution in [3.63, 3.8) is 0 Å². The van der Waals surface area contributed by atoms with E-state index >= 15 is 0 Å². The van der Waals surface area contributed by atoms with Crippen molar-refractivity contribution in [1.82, 2.24) is 19.2 Å². The molecule has 4 rings (SSSR count). The third-order valence-corrected chi connectivity index (χ3v) is 5.72. The van der Waals surface area contributed by atoms with Gasteiger partial charge >= 0.3 is 0 Å². The highest BCUT2D eigenvalue weighted by atomic mass is 16.3. The molecule has 0 unspecified atom stereocenters. The number of nitrogens with zero attached hydrogens (tertiary/aromatic N) is 4. The van der Waals surface area contributed by atoms with Crippen molar-refractivity contribution >= 4 is 11.6 Å². The van der Waals surface area contributed by atoms with Crippen molar-refractivity contribution in [3.8, 4) is 0 Å². The Morgan fingerprint density at radius 2 is 1.92 bits per heavy atom. The van der Waals surface area contributed by atoms with Crippen molar-refractivity contribution in [2.45, 2.75) is 51.7 Å². The lowest BCUT2D eigenvalue weighted by Gasteiger charge is -2.30. The van der Waals surface area contributed by atoms with Crippen LogP contribution in [-0.2, 0) is 6.54 Å². The second kappa shape index (κ2) is 7.37. The molecule has 26 heavy (non-hydrogen) atoms. The van der Waals surface area contributed by atoms with Crippen LogP contribution < -0.4 is 0 Å². The van der Waals surface area contributed by atoms with Crippen LogP contribution in [0.15, 0.2) is 18.3 Å². The molecule has 2 fully saturated rings. The minimum Gasteiger partial charge on any atom is -0.393 e. The van der Waals surface area contributed by atoms with Crippen molar-refractivity contribution < 1.29 is 9.90 Å². The minimum atomic E-state index is -0.190. The lowest BCUT2D eigenvalue weighted by molar-refractivity contribution is 0.0701. The first kappa shape index (κ1) is 17.5. The van der Waals surface area contributed by atoms with E-state index < -0.39 is 0 Å². The van der Waals surface area contributed by atoms with Gasteiger partial charge in [0, 0.05) is 38.9 Å². The van der Waals surface area contributed by atoms with Gasteiger partial charge in [-0.2, -0.15) is 0 Å². The molecule has 1 amide bonds. The Morgan fingerprint density at radius 3 is 2.65 bits per heavy atom. The standard InChI is InChI=1S/C20H28N4O2/c1-15-6-5-11-24-17(14-22-12-7-16(25)8-13-22)18(21-19(15)24)20(26)23-9-3-2-4-10-23/h5-6,11,16,25H,2-4,7-10,12-14H2,1H3. The van der Waals surface area contributed by atoms with Crippen LogP contribution in [0.1, 0.15) is 53.8 Å². The van der Waals surface area contributed by atoms with E-state index in [9.17, 15) is 9.90 Å². The zero-order valence-electron chi connectivity index (χ0n) is 15.5. The first-order valence-corrected chi connectivity index (χ1v) is 9.80. The molecule has 2 aromatic heterocycles. The Balaban J connectivity index is 1.68. The number of aliphatic hydroxyl groups excluding tert-OH is 1. The third kappa shape index (κ3) is 3.35. The fourth-order valence-electron chi connectivity index (χ4n) is 4.11. The molecule has 0 radical (unpaired) electrons. The van der Waals surface area contributed by atoms with E-state index in [4.69, 9.17) is 4.98 Å². The number of aryl methyl sites for hydroxylation is 1. The second-order valence-corrected chi connectivity index (χ2v) is 7.65. The number of aliphatic hydroxyl groups is 1. The predicted molar refractivity (Wildman–Crippen MR) is 100 cm³/mol. The fourth-order valence-corrected chi connectivity index (χ4v) is 4.11. The lowest BCUT2D eigenvalue weighted by atomic mass is 10.1. The van der Waals surface area contributed by atoms with Gasteiger partial charge in [0.05, 0.1) is 11.8 Å². The van der Waals surface area contributed by atoms with Gasteiger partial charge in [-0.25, -0.2) is 4.98 Å². The van der Waals surface area contributed by atoms with Gasteiger partial charge in [-0.05, 0) is 50.7 Å². The molecule has 4 heterocycles. The number of carbonyl (C=O) groups excluding carboxylic acids is 1.